The molecule has 0 atom stereocenters. The number of benzene rings is 1. The number of halogens is 3. The van der Waals surface area contributed by atoms with Gasteiger partial charge in [-0.3, -0.25) is 0 Å². The zero-order chi connectivity index (χ0) is 16.8. The van der Waals surface area contributed by atoms with Crippen LogP contribution in [0.5, 0.6) is 5.88 Å². The summed E-state index contributed by atoms with van der Waals surface area (Å²) in [7, 11) is -6.09. The van der Waals surface area contributed by atoms with Crippen molar-refractivity contribution in [1.82, 2.24) is 0 Å². The quantitative estimate of drug-likeness (QED) is 0.515. The fourth-order valence-corrected chi connectivity index (χ4v) is 1.38. The van der Waals surface area contributed by atoms with Crippen LogP contribution >= 0.6 is 0 Å². The van der Waals surface area contributed by atoms with E-state index in [0.29, 0.717) is 6.54 Å². The van der Waals surface area contributed by atoms with Gasteiger partial charge in [0.15, 0.2) is 22.9 Å². The summed E-state index contributed by atoms with van der Waals surface area (Å²) in [4.78, 5) is 0. The average molecular weight is 335 g/mol. The fourth-order valence-electron chi connectivity index (χ4n) is 1.38. The van der Waals surface area contributed by atoms with Gasteiger partial charge in [0.25, 0.3) is 0 Å². The number of alkyl halides is 3. The minimum absolute atomic E-state index is 0.288. The Balaban J connectivity index is 0.000000261. The lowest BCUT2D eigenvalue weighted by Gasteiger charge is -2.08. The zero-order valence-corrected chi connectivity index (χ0v) is 11.9. The number of hydrogen-bond acceptors (Lipinski definition) is 4. The highest BCUT2D eigenvalue weighted by atomic mass is 32.2. The molecule has 0 radical (unpaired) electrons. The minimum atomic E-state index is -6.09. The van der Waals surface area contributed by atoms with Gasteiger partial charge in [-0.2, -0.15) is 17.7 Å². The Morgan fingerprint density at radius 3 is 2.00 bits per heavy atom. The van der Waals surface area contributed by atoms with E-state index in [1.165, 1.54) is 5.56 Å². The second kappa shape index (κ2) is 7.23. The summed E-state index contributed by atoms with van der Waals surface area (Å²) < 4.78 is 60.7. The first-order valence-corrected chi connectivity index (χ1v) is 7.25. The second-order valence-corrected chi connectivity index (χ2v) is 5.44. The van der Waals surface area contributed by atoms with Crippen LogP contribution in [0.15, 0.2) is 54.7 Å². The predicted octanol–water partition coefficient (Wildman–Crippen LogP) is 1.78. The Labute approximate surface area is 125 Å². The molecule has 1 N–H and O–H groups in total. The molecule has 2 rings (SSSR count). The third-order valence-electron chi connectivity index (χ3n) is 2.40. The molecule has 0 fully saturated rings. The van der Waals surface area contributed by atoms with Crippen LogP contribution in [0.2, 0.25) is 0 Å². The number of aromatic hydroxyl groups is 1. The molecule has 0 amide bonds. The van der Waals surface area contributed by atoms with E-state index in [0.717, 1.165) is 0 Å². The fraction of sp³-hybridized carbons (Fsp3) is 0.154. The normalized spacial score (nSPS) is 11.5. The van der Waals surface area contributed by atoms with Crippen molar-refractivity contribution in [2.45, 2.75) is 12.1 Å². The van der Waals surface area contributed by atoms with Crippen molar-refractivity contribution in [2.75, 3.05) is 0 Å². The third-order valence-corrected chi connectivity index (χ3v) is 2.96. The Kier molecular flexibility index (Phi) is 5.89. The number of aromatic nitrogens is 1. The lowest BCUT2D eigenvalue weighted by Crippen LogP contribution is -2.33. The average Bonchev–Trinajstić information content (AvgIpc) is 2.41. The van der Waals surface area contributed by atoms with Gasteiger partial charge < -0.3 is 9.66 Å². The molecule has 0 bridgehead atoms. The molecule has 0 aliphatic rings. The SMILES string of the molecule is O=S(=O)([O-])C(F)(F)F.Oc1cccc[n+]1Cc1ccccc1. The number of hydrogen-bond donors (Lipinski definition) is 1. The van der Waals surface area contributed by atoms with Crippen molar-refractivity contribution >= 4 is 10.1 Å². The van der Waals surface area contributed by atoms with Crippen molar-refractivity contribution in [2.24, 2.45) is 0 Å². The lowest BCUT2D eigenvalue weighted by molar-refractivity contribution is -0.694. The third kappa shape index (κ3) is 5.70. The maximum atomic E-state index is 10.7. The molecular formula is C13H12F3NO4S. The summed E-state index contributed by atoms with van der Waals surface area (Å²) in [5.41, 5.74) is -4.47. The molecule has 0 aliphatic carbocycles. The second-order valence-electron chi connectivity index (χ2n) is 4.07. The summed E-state index contributed by atoms with van der Waals surface area (Å²) >= 11 is 0. The molecule has 9 heteroatoms. The van der Waals surface area contributed by atoms with Crippen LogP contribution in [0, 0.1) is 0 Å². The van der Waals surface area contributed by atoms with Crippen LogP contribution in [0.1, 0.15) is 5.56 Å². The summed E-state index contributed by atoms with van der Waals surface area (Å²) in [5.74, 6) is 0.288. The highest BCUT2D eigenvalue weighted by molar-refractivity contribution is 7.86. The summed E-state index contributed by atoms with van der Waals surface area (Å²) in [5, 5.41) is 9.53. The highest BCUT2D eigenvalue weighted by Gasteiger charge is 2.36. The Hall–Kier alpha value is -2.13. The van der Waals surface area contributed by atoms with Crippen LogP contribution in [0.4, 0.5) is 13.2 Å². The van der Waals surface area contributed by atoms with Gasteiger partial charge in [-0.25, -0.2) is 8.42 Å². The first-order valence-electron chi connectivity index (χ1n) is 5.85. The monoisotopic (exact) mass is 335 g/mol. The Morgan fingerprint density at radius 1 is 1.05 bits per heavy atom. The van der Waals surface area contributed by atoms with Crippen molar-refractivity contribution in [1.29, 1.82) is 0 Å². The molecule has 1 aromatic heterocycles. The van der Waals surface area contributed by atoms with Crippen molar-refractivity contribution in [3.8, 4) is 5.88 Å². The molecule has 2 aromatic rings. The van der Waals surface area contributed by atoms with E-state index in [4.69, 9.17) is 13.0 Å². The van der Waals surface area contributed by atoms with E-state index in [-0.39, 0.29) is 5.88 Å². The van der Waals surface area contributed by atoms with Gasteiger partial charge in [-0.05, 0) is 6.07 Å². The maximum Gasteiger partial charge on any atom is 0.485 e. The molecule has 0 aliphatic heterocycles. The molecule has 22 heavy (non-hydrogen) atoms. The Bertz CT molecular complexity index is 703. The largest absolute Gasteiger partial charge is 0.741 e. The van der Waals surface area contributed by atoms with Gasteiger partial charge in [0.2, 0.25) is 0 Å². The molecule has 1 aromatic carbocycles. The van der Waals surface area contributed by atoms with Gasteiger partial charge in [-0.1, -0.05) is 30.3 Å². The van der Waals surface area contributed by atoms with Crippen LogP contribution in [0.25, 0.3) is 0 Å². The molecule has 0 saturated heterocycles. The number of nitrogens with zero attached hydrogens (tertiary/aromatic N) is 1. The van der Waals surface area contributed by atoms with Gasteiger partial charge in [-0.15, -0.1) is 0 Å². The van der Waals surface area contributed by atoms with E-state index in [1.54, 1.807) is 10.6 Å². The van der Waals surface area contributed by atoms with Gasteiger partial charge >= 0.3 is 11.4 Å². The summed E-state index contributed by atoms with van der Waals surface area (Å²) in [6, 6.07) is 15.5. The molecule has 0 unspecified atom stereocenters. The van der Waals surface area contributed by atoms with E-state index in [2.05, 4.69) is 0 Å². The molecule has 0 saturated carbocycles. The lowest BCUT2D eigenvalue weighted by atomic mass is 10.2. The first kappa shape index (κ1) is 17.9. The van der Waals surface area contributed by atoms with E-state index in [1.807, 2.05) is 48.7 Å². The summed E-state index contributed by atoms with van der Waals surface area (Å²) in [6.45, 7) is 0.702. The van der Waals surface area contributed by atoms with Crippen molar-refractivity contribution in [3.63, 3.8) is 0 Å². The van der Waals surface area contributed by atoms with Crippen molar-refractivity contribution < 1.29 is 35.8 Å². The zero-order valence-electron chi connectivity index (χ0n) is 11.1. The van der Waals surface area contributed by atoms with Gasteiger partial charge in [0.1, 0.15) is 0 Å². The van der Waals surface area contributed by atoms with Gasteiger partial charge in [0.05, 0.1) is 6.07 Å². The standard InChI is InChI=1S/C12H11NO.CHF3O3S/c14-12-8-4-5-9-13(12)10-11-6-2-1-3-7-11;2-1(3,4)8(5,6)7/h1-9H,10H2;(H,5,6,7). The van der Waals surface area contributed by atoms with E-state index in [9.17, 15) is 18.3 Å². The smallest absolute Gasteiger partial charge is 0.485 e. The predicted molar refractivity (Wildman–Crippen MR) is 69.6 cm³/mol. The minimum Gasteiger partial charge on any atom is -0.741 e. The van der Waals surface area contributed by atoms with Crippen LogP contribution in [-0.2, 0) is 16.7 Å². The van der Waals surface area contributed by atoms with Crippen LogP contribution in [0.3, 0.4) is 0 Å². The number of rotatable bonds is 2. The molecule has 0 spiro atoms. The molecule has 120 valence electrons. The number of pyridine rings is 1. The summed E-state index contributed by atoms with van der Waals surface area (Å²) in [6.07, 6.45) is 1.86. The van der Waals surface area contributed by atoms with E-state index < -0.39 is 15.6 Å². The Morgan fingerprint density at radius 2 is 1.55 bits per heavy atom. The van der Waals surface area contributed by atoms with Crippen molar-refractivity contribution in [3.05, 3.63) is 60.3 Å². The van der Waals surface area contributed by atoms with Gasteiger partial charge in [0, 0.05) is 11.6 Å². The van der Waals surface area contributed by atoms with Crippen LogP contribution < -0.4 is 4.57 Å². The maximum absolute atomic E-state index is 10.7. The molecule has 1 heterocycles. The topological polar surface area (TPSA) is 81.3 Å². The molecular weight excluding hydrogens is 323 g/mol. The highest BCUT2D eigenvalue weighted by Crippen LogP contribution is 2.20. The first-order chi connectivity index (χ1) is 10.1. The molecule has 5 nitrogen and oxygen atoms in total. The van der Waals surface area contributed by atoms with E-state index >= 15 is 0 Å². The van der Waals surface area contributed by atoms with Crippen LogP contribution in [-0.4, -0.2) is 23.6 Å².